The number of nitrogens with one attached hydrogen (secondary N) is 1. The van der Waals surface area contributed by atoms with Gasteiger partial charge in [-0.2, -0.15) is 0 Å². The summed E-state index contributed by atoms with van der Waals surface area (Å²) in [5, 5.41) is 3.84. The van der Waals surface area contributed by atoms with Gasteiger partial charge in [-0.05, 0) is 36.3 Å². The lowest BCUT2D eigenvalue weighted by Crippen LogP contribution is -2.43. The molecule has 1 fully saturated rings. The topological polar surface area (TPSA) is 52.7 Å². The van der Waals surface area contributed by atoms with Crippen LogP contribution in [0, 0.1) is 0 Å². The molecule has 7 heteroatoms. The molecule has 1 N–H and O–H groups in total. The quantitative estimate of drug-likeness (QED) is 0.836. The Morgan fingerprint density at radius 3 is 2.82 bits per heavy atom. The molecule has 0 saturated carbocycles. The van der Waals surface area contributed by atoms with Crippen molar-refractivity contribution in [1.82, 2.24) is 15.1 Å². The van der Waals surface area contributed by atoms with Gasteiger partial charge >= 0.3 is 0 Å². The van der Waals surface area contributed by atoms with Gasteiger partial charge < -0.3 is 10.2 Å². The first kappa shape index (κ1) is 16.7. The Labute approximate surface area is 140 Å². The average Bonchev–Trinajstić information content (AvgIpc) is 2.73. The van der Waals surface area contributed by atoms with Crippen molar-refractivity contribution in [1.29, 1.82) is 0 Å². The fraction of sp³-hybridized carbons (Fsp3) is 0.400. The Hall–Kier alpha value is -1.66. The molecule has 1 heterocycles. The lowest BCUT2D eigenvalue weighted by Gasteiger charge is -2.30. The number of halogens is 1. The van der Waals surface area contributed by atoms with Crippen LogP contribution in [0.1, 0.15) is 32.0 Å². The average molecular weight is 340 g/mol. The molecule has 1 aliphatic rings. The van der Waals surface area contributed by atoms with Crippen LogP contribution >= 0.6 is 23.8 Å². The van der Waals surface area contributed by atoms with Gasteiger partial charge in [-0.25, -0.2) is 0 Å². The number of rotatable bonds is 5. The Kier molecular flexibility index (Phi) is 5.37. The Morgan fingerprint density at radius 1 is 1.50 bits per heavy atom. The zero-order valence-electron chi connectivity index (χ0n) is 12.5. The first-order valence-electron chi connectivity index (χ1n) is 7.07. The molecule has 0 radical (unpaired) electrons. The second-order valence-electron chi connectivity index (χ2n) is 5.11. The molecule has 1 atom stereocenters. The van der Waals surface area contributed by atoms with Gasteiger partial charge in [-0.1, -0.05) is 30.7 Å². The highest BCUT2D eigenvalue weighted by molar-refractivity contribution is 7.80. The van der Waals surface area contributed by atoms with Gasteiger partial charge in [0.25, 0.3) is 0 Å². The van der Waals surface area contributed by atoms with Crippen LogP contribution in [-0.2, 0) is 9.59 Å². The van der Waals surface area contributed by atoms with E-state index >= 15 is 0 Å². The summed E-state index contributed by atoms with van der Waals surface area (Å²) in [6, 6.07) is 7.17. The summed E-state index contributed by atoms with van der Waals surface area (Å²) in [5.41, 5.74) is 0.788. The van der Waals surface area contributed by atoms with E-state index in [2.05, 4.69) is 5.32 Å². The second kappa shape index (κ2) is 7.07. The third-order valence-electron chi connectivity index (χ3n) is 3.35. The van der Waals surface area contributed by atoms with Crippen LogP contribution in [-0.4, -0.2) is 39.8 Å². The minimum absolute atomic E-state index is 0.0516. The van der Waals surface area contributed by atoms with E-state index in [4.69, 9.17) is 23.8 Å². The molecule has 118 valence electrons. The fourth-order valence-electron chi connectivity index (χ4n) is 2.42. The van der Waals surface area contributed by atoms with Crippen LogP contribution in [0.2, 0.25) is 5.02 Å². The van der Waals surface area contributed by atoms with Crippen molar-refractivity contribution >= 4 is 40.7 Å². The third kappa shape index (κ3) is 3.56. The lowest BCUT2D eigenvalue weighted by molar-refractivity contribution is -0.126. The molecule has 0 aliphatic carbocycles. The van der Waals surface area contributed by atoms with E-state index in [9.17, 15) is 9.59 Å². The highest BCUT2D eigenvalue weighted by Crippen LogP contribution is 2.26. The molecule has 1 saturated heterocycles. The molecule has 1 aromatic carbocycles. The van der Waals surface area contributed by atoms with Crippen LogP contribution in [0.3, 0.4) is 0 Å². The van der Waals surface area contributed by atoms with Crippen LogP contribution < -0.4 is 5.32 Å². The summed E-state index contributed by atoms with van der Waals surface area (Å²) >= 11 is 11.4. The van der Waals surface area contributed by atoms with Gasteiger partial charge in [0, 0.05) is 18.5 Å². The predicted octanol–water partition coefficient (Wildman–Crippen LogP) is 2.31. The van der Waals surface area contributed by atoms with E-state index in [-0.39, 0.29) is 18.4 Å². The molecule has 22 heavy (non-hydrogen) atoms. The molecule has 0 aromatic heterocycles. The van der Waals surface area contributed by atoms with E-state index in [0.717, 1.165) is 12.0 Å². The summed E-state index contributed by atoms with van der Waals surface area (Å²) in [6.45, 7) is 4.15. The van der Waals surface area contributed by atoms with Gasteiger partial charge in [0.05, 0.1) is 0 Å². The largest absolute Gasteiger partial charge is 0.332 e. The Morgan fingerprint density at radius 2 is 2.23 bits per heavy atom. The monoisotopic (exact) mass is 339 g/mol. The third-order valence-corrected chi connectivity index (χ3v) is 4.04. The van der Waals surface area contributed by atoms with Crippen molar-refractivity contribution in [3.05, 3.63) is 34.9 Å². The predicted molar refractivity (Wildman–Crippen MR) is 89.3 cm³/mol. The normalized spacial score (nSPS) is 16.1. The van der Waals surface area contributed by atoms with Crippen LogP contribution in [0.5, 0.6) is 0 Å². The van der Waals surface area contributed by atoms with Crippen molar-refractivity contribution < 1.29 is 9.59 Å². The summed E-state index contributed by atoms with van der Waals surface area (Å²) in [4.78, 5) is 27.0. The number of carbonyl (C=O) groups is 2. The minimum atomic E-state index is -0.505. The molecule has 0 spiro atoms. The van der Waals surface area contributed by atoms with E-state index in [1.54, 1.807) is 28.0 Å². The Bertz CT molecular complexity index is 608. The maximum Gasteiger partial charge on any atom is 0.248 e. The fourth-order valence-corrected chi connectivity index (χ4v) is 2.98. The maximum atomic E-state index is 12.1. The molecule has 1 aliphatic heterocycles. The number of benzene rings is 1. The van der Waals surface area contributed by atoms with E-state index < -0.39 is 6.17 Å². The van der Waals surface area contributed by atoms with Gasteiger partial charge in [0.2, 0.25) is 11.8 Å². The van der Waals surface area contributed by atoms with Gasteiger partial charge in [-0.3, -0.25) is 14.5 Å². The SMILES string of the molecule is CCCN1C(=O)CN(C(NC(C)=O)c2cccc(Cl)c2)C1=S. The van der Waals surface area contributed by atoms with Crippen LogP contribution in [0.4, 0.5) is 0 Å². The van der Waals surface area contributed by atoms with Gasteiger partial charge in [0.1, 0.15) is 12.7 Å². The molecule has 2 amide bonds. The highest BCUT2D eigenvalue weighted by Gasteiger charge is 2.37. The van der Waals surface area contributed by atoms with Crippen molar-refractivity contribution in [3.63, 3.8) is 0 Å². The number of carbonyl (C=O) groups excluding carboxylic acids is 2. The summed E-state index contributed by atoms with van der Waals surface area (Å²) < 4.78 is 0. The molecule has 1 unspecified atom stereocenters. The first-order valence-corrected chi connectivity index (χ1v) is 7.86. The molecule has 1 aromatic rings. The lowest BCUT2D eigenvalue weighted by atomic mass is 10.1. The molecular formula is C15H18ClN3O2S. The van der Waals surface area contributed by atoms with E-state index in [0.29, 0.717) is 16.7 Å². The van der Waals surface area contributed by atoms with E-state index in [1.807, 2.05) is 13.0 Å². The van der Waals surface area contributed by atoms with Crippen molar-refractivity contribution in [2.75, 3.05) is 13.1 Å². The maximum absolute atomic E-state index is 12.1. The smallest absolute Gasteiger partial charge is 0.248 e. The second-order valence-corrected chi connectivity index (χ2v) is 5.92. The standard InChI is InChI=1S/C15H18ClN3O2S/c1-3-7-18-13(21)9-19(15(18)22)14(17-10(2)20)11-5-4-6-12(16)8-11/h4-6,8,14H,3,7,9H2,1-2H3,(H,17,20). The van der Waals surface area contributed by atoms with E-state index in [1.165, 1.54) is 6.92 Å². The number of nitrogens with zero attached hydrogens (tertiary/aromatic N) is 2. The van der Waals surface area contributed by atoms with Crippen molar-refractivity contribution in [2.24, 2.45) is 0 Å². The summed E-state index contributed by atoms with van der Waals surface area (Å²) in [6.07, 6.45) is 0.316. The van der Waals surface area contributed by atoms with Crippen LogP contribution in [0.15, 0.2) is 24.3 Å². The molecule has 0 bridgehead atoms. The Balaban J connectivity index is 2.32. The van der Waals surface area contributed by atoms with Gasteiger partial charge in [-0.15, -0.1) is 0 Å². The van der Waals surface area contributed by atoms with Crippen molar-refractivity contribution in [3.8, 4) is 0 Å². The number of hydrogen-bond donors (Lipinski definition) is 1. The summed E-state index contributed by atoms with van der Waals surface area (Å²) in [7, 11) is 0. The molecule has 2 rings (SSSR count). The minimum Gasteiger partial charge on any atom is -0.332 e. The highest BCUT2D eigenvalue weighted by atomic mass is 35.5. The number of amides is 2. The number of hydrogen-bond acceptors (Lipinski definition) is 3. The zero-order valence-corrected chi connectivity index (χ0v) is 14.1. The van der Waals surface area contributed by atoms with Crippen LogP contribution in [0.25, 0.3) is 0 Å². The molecule has 5 nitrogen and oxygen atoms in total. The number of thiocarbonyl (C=S) groups is 1. The van der Waals surface area contributed by atoms with Crippen molar-refractivity contribution in [2.45, 2.75) is 26.4 Å². The first-order chi connectivity index (χ1) is 10.4. The van der Waals surface area contributed by atoms with Gasteiger partial charge in [0.15, 0.2) is 5.11 Å². The summed E-state index contributed by atoms with van der Waals surface area (Å²) in [5.74, 6) is -0.251. The molecular weight excluding hydrogens is 322 g/mol. The zero-order chi connectivity index (χ0) is 16.3.